The summed E-state index contributed by atoms with van der Waals surface area (Å²) >= 11 is 0. The molecule has 5 rings (SSSR count). The van der Waals surface area contributed by atoms with Crippen molar-refractivity contribution in [2.24, 2.45) is 0 Å². The maximum Gasteiger partial charge on any atom is 0.226 e. The predicted molar refractivity (Wildman–Crippen MR) is 115 cm³/mol. The summed E-state index contributed by atoms with van der Waals surface area (Å²) in [6.07, 6.45) is 4.39. The third-order valence-electron chi connectivity index (χ3n) is 5.54. The van der Waals surface area contributed by atoms with E-state index in [0.29, 0.717) is 12.4 Å². The number of nitrogens with one attached hydrogen (secondary N) is 2. The van der Waals surface area contributed by atoms with Crippen LogP contribution in [0, 0.1) is 0 Å². The van der Waals surface area contributed by atoms with E-state index in [2.05, 4.69) is 44.5 Å². The number of hydrogen-bond acceptors (Lipinski definition) is 4. The highest BCUT2D eigenvalue weighted by atomic mass is 16.3. The first-order valence-electron chi connectivity index (χ1n) is 10.4. The standard InChI is InChI=1S/C24H26N4O/c1-2-6-19(7-3-1)24-27-22(17-29-24)15-25-14-18-8-9-23-20(12-18)13-21(26-23)16-28-10-4-5-11-28/h1-3,6-9,12-13,17,25-26H,4-5,10-11,14-16H2. The highest BCUT2D eigenvalue weighted by Gasteiger charge is 2.13. The van der Waals surface area contributed by atoms with Crippen molar-refractivity contribution in [1.29, 1.82) is 0 Å². The maximum absolute atomic E-state index is 5.61. The minimum Gasteiger partial charge on any atom is -0.444 e. The number of aromatic nitrogens is 2. The summed E-state index contributed by atoms with van der Waals surface area (Å²) in [4.78, 5) is 10.7. The van der Waals surface area contributed by atoms with E-state index >= 15 is 0 Å². The van der Waals surface area contributed by atoms with Gasteiger partial charge in [0.15, 0.2) is 0 Å². The van der Waals surface area contributed by atoms with E-state index < -0.39 is 0 Å². The zero-order valence-corrected chi connectivity index (χ0v) is 16.5. The van der Waals surface area contributed by atoms with E-state index in [0.717, 1.165) is 24.3 Å². The summed E-state index contributed by atoms with van der Waals surface area (Å²) in [7, 11) is 0. The SMILES string of the molecule is c1ccc(-c2nc(CNCc3ccc4[nH]c(CN5CCCC5)cc4c3)co2)cc1. The van der Waals surface area contributed by atoms with Gasteiger partial charge in [0.05, 0.1) is 5.69 Å². The quantitative estimate of drug-likeness (QED) is 0.483. The van der Waals surface area contributed by atoms with Gasteiger partial charge >= 0.3 is 0 Å². The van der Waals surface area contributed by atoms with Crippen molar-refractivity contribution in [3.8, 4) is 11.5 Å². The Morgan fingerprint density at radius 3 is 2.72 bits per heavy atom. The van der Waals surface area contributed by atoms with Gasteiger partial charge in [0.1, 0.15) is 6.26 Å². The highest BCUT2D eigenvalue weighted by molar-refractivity contribution is 5.81. The van der Waals surface area contributed by atoms with E-state index in [1.165, 1.54) is 48.1 Å². The lowest BCUT2D eigenvalue weighted by Gasteiger charge is -2.12. The molecule has 5 heteroatoms. The normalized spacial score (nSPS) is 14.8. The van der Waals surface area contributed by atoms with Gasteiger partial charge in [-0.3, -0.25) is 4.90 Å². The number of hydrogen-bond donors (Lipinski definition) is 2. The monoisotopic (exact) mass is 386 g/mol. The Hall–Kier alpha value is -2.89. The molecule has 1 fully saturated rings. The van der Waals surface area contributed by atoms with Gasteiger partial charge in [-0.25, -0.2) is 4.98 Å². The summed E-state index contributed by atoms with van der Waals surface area (Å²) < 4.78 is 5.61. The lowest BCUT2D eigenvalue weighted by atomic mass is 10.1. The average Bonchev–Trinajstić information content (AvgIpc) is 3.49. The first-order chi connectivity index (χ1) is 14.3. The second-order valence-electron chi connectivity index (χ2n) is 7.81. The Bertz CT molecular complexity index is 1080. The van der Waals surface area contributed by atoms with Crippen LogP contribution in [0.15, 0.2) is 65.3 Å². The third kappa shape index (κ3) is 4.26. The van der Waals surface area contributed by atoms with Crippen LogP contribution in [0.5, 0.6) is 0 Å². The lowest BCUT2D eigenvalue weighted by Crippen LogP contribution is -2.18. The molecule has 0 aliphatic carbocycles. The second-order valence-corrected chi connectivity index (χ2v) is 7.81. The van der Waals surface area contributed by atoms with Gasteiger partial charge in [-0.15, -0.1) is 0 Å². The van der Waals surface area contributed by atoms with E-state index in [9.17, 15) is 0 Å². The fourth-order valence-electron chi connectivity index (χ4n) is 4.06. The zero-order chi connectivity index (χ0) is 19.5. The number of rotatable bonds is 7. The molecule has 4 aromatic rings. The molecule has 2 aromatic carbocycles. The van der Waals surface area contributed by atoms with Crippen molar-refractivity contribution in [1.82, 2.24) is 20.2 Å². The van der Waals surface area contributed by atoms with E-state index in [1.807, 2.05) is 30.3 Å². The van der Waals surface area contributed by atoms with Crippen molar-refractivity contribution in [3.63, 3.8) is 0 Å². The summed E-state index contributed by atoms with van der Waals surface area (Å²) in [6, 6.07) is 18.9. The molecule has 2 N–H and O–H groups in total. The number of aromatic amines is 1. The Balaban J connectivity index is 1.19. The van der Waals surface area contributed by atoms with Gasteiger partial charge in [0.2, 0.25) is 5.89 Å². The molecule has 0 amide bonds. The minimum atomic E-state index is 0.668. The van der Waals surface area contributed by atoms with Crippen LogP contribution in [0.3, 0.4) is 0 Å². The number of H-pyrrole nitrogens is 1. The van der Waals surface area contributed by atoms with Crippen LogP contribution in [0.4, 0.5) is 0 Å². The zero-order valence-electron chi connectivity index (χ0n) is 16.5. The van der Waals surface area contributed by atoms with Gasteiger partial charge in [-0.1, -0.05) is 24.3 Å². The molecule has 0 unspecified atom stereocenters. The van der Waals surface area contributed by atoms with Crippen molar-refractivity contribution in [2.45, 2.75) is 32.5 Å². The highest BCUT2D eigenvalue weighted by Crippen LogP contribution is 2.21. The van der Waals surface area contributed by atoms with Gasteiger partial charge in [-0.05, 0) is 61.8 Å². The van der Waals surface area contributed by atoms with E-state index in [4.69, 9.17) is 4.42 Å². The largest absolute Gasteiger partial charge is 0.444 e. The number of oxazole rings is 1. The lowest BCUT2D eigenvalue weighted by molar-refractivity contribution is 0.328. The van der Waals surface area contributed by atoms with Crippen LogP contribution >= 0.6 is 0 Å². The molecule has 3 heterocycles. The Labute approximate surface area is 170 Å². The molecule has 1 saturated heterocycles. The molecule has 148 valence electrons. The fourth-order valence-corrected chi connectivity index (χ4v) is 4.06. The Morgan fingerprint density at radius 2 is 1.86 bits per heavy atom. The molecule has 5 nitrogen and oxygen atoms in total. The topological polar surface area (TPSA) is 57.1 Å². The van der Waals surface area contributed by atoms with Crippen molar-refractivity contribution >= 4 is 10.9 Å². The smallest absolute Gasteiger partial charge is 0.226 e. The molecule has 1 aliphatic rings. The van der Waals surface area contributed by atoms with Gasteiger partial charge < -0.3 is 14.7 Å². The molecule has 0 atom stereocenters. The molecule has 29 heavy (non-hydrogen) atoms. The molecule has 0 bridgehead atoms. The molecular formula is C24H26N4O. The van der Waals surface area contributed by atoms with Crippen LogP contribution < -0.4 is 5.32 Å². The molecule has 2 aromatic heterocycles. The first kappa shape index (κ1) is 18.2. The van der Waals surface area contributed by atoms with Crippen LogP contribution in [-0.4, -0.2) is 28.0 Å². The van der Waals surface area contributed by atoms with Crippen LogP contribution in [0.2, 0.25) is 0 Å². The van der Waals surface area contributed by atoms with Crippen molar-refractivity contribution < 1.29 is 4.42 Å². The third-order valence-corrected chi connectivity index (χ3v) is 5.54. The predicted octanol–water partition coefficient (Wildman–Crippen LogP) is 4.71. The van der Waals surface area contributed by atoms with Crippen LogP contribution in [0.1, 0.15) is 29.8 Å². The number of benzene rings is 2. The summed E-state index contributed by atoms with van der Waals surface area (Å²) in [5.41, 5.74) is 5.71. The fraction of sp³-hybridized carbons (Fsp3) is 0.292. The maximum atomic E-state index is 5.61. The van der Waals surface area contributed by atoms with E-state index in [1.54, 1.807) is 6.26 Å². The van der Waals surface area contributed by atoms with Crippen LogP contribution in [-0.2, 0) is 19.6 Å². The molecule has 1 aliphatic heterocycles. The van der Waals surface area contributed by atoms with Gasteiger partial charge in [-0.2, -0.15) is 0 Å². The first-order valence-corrected chi connectivity index (χ1v) is 10.4. The molecule has 0 spiro atoms. The van der Waals surface area contributed by atoms with Gasteiger partial charge in [0, 0.05) is 41.8 Å². The second kappa shape index (κ2) is 8.23. The number of likely N-dealkylation sites (tertiary alicyclic amines) is 1. The Kier molecular flexibility index (Phi) is 5.15. The van der Waals surface area contributed by atoms with Crippen LogP contribution in [0.25, 0.3) is 22.4 Å². The van der Waals surface area contributed by atoms with Crippen molar-refractivity contribution in [2.75, 3.05) is 13.1 Å². The number of fused-ring (bicyclic) bond motifs is 1. The Morgan fingerprint density at radius 1 is 1.00 bits per heavy atom. The molecule has 0 radical (unpaired) electrons. The molecule has 0 saturated carbocycles. The van der Waals surface area contributed by atoms with Gasteiger partial charge in [0.25, 0.3) is 0 Å². The van der Waals surface area contributed by atoms with Crippen molar-refractivity contribution in [3.05, 3.63) is 77.8 Å². The average molecular weight is 386 g/mol. The molecular weight excluding hydrogens is 360 g/mol. The van der Waals surface area contributed by atoms with E-state index in [-0.39, 0.29) is 0 Å². The minimum absolute atomic E-state index is 0.668. The summed E-state index contributed by atoms with van der Waals surface area (Å²) in [5, 5.41) is 4.76. The summed E-state index contributed by atoms with van der Waals surface area (Å²) in [5.74, 6) is 0.668. The summed E-state index contributed by atoms with van der Waals surface area (Å²) in [6.45, 7) is 4.95. The number of nitrogens with zero attached hydrogens (tertiary/aromatic N) is 2.